The van der Waals surface area contributed by atoms with Crippen LogP contribution < -0.4 is 4.74 Å². The zero-order chi connectivity index (χ0) is 20.7. The summed E-state index contributed by atoms with van der Waals surface area (Å²) in [6.45, 7) is 5.52. The van der Waals surface area contributed by atoms with Gasteiger partial charge in [-0.1, -0.05) is 12.1 Å². The van der Waals surface area contributed by atoms with Crippen LogP contribution in [0.1, 0.15) is 44.2 Å². The molecule has 3 fully saturated rings. The van der Waals surface area contributed by atoms with Crippen molar-refractivity contribution in [1.29, 1.82) is 0 Å². The SMILES string of the molecule is COc1ccc([C@H]2CCC[C@H]3[C@@H]4C[C@@H](CN(C(=O)C5=C(C)OCCO5)C4)CN23)cc1. The molecule has 4 heterocycles. The first-order valence-corrected chi connectivity index (χ1v) is 11.3. The van der Waals surface area contributed by atoms with Crippen LogP contribution in [0.3, 0.4) is 0 Å². The molecule has 1 aromatic carbocycles. The predicted octanol–water partition coefficient (Wildman–Crippen LogP) is 3.35. The monoisotopic (exact) mass is 412 g/mol. The molecule has 4 atom stereocenters. The van der Waals surface area contributed by atoms with E-state index >= 15 is 0 Å². The lowest BCUT2D eigenvalue weighted by atomic mass is 9.74. The number of benzene rings is 1. The summed E-state index contributed by atoms with van der Waals surface area (Å²) in [6, 6.07) is 9.63. The Morgan fingerprint density at radius 3 is 2.63 bits per heavy atom. The summed E-state index contributed by atoms with van der Waals surface area (Å²) in [5.74, 6) is 3.02. The van der Waals surface area contributed by atoms with E-state index in [0.29, 0.717) is 48.7 Å². The van der Waals surface area contributed by atoms with Gasteiger partial charge in [0.1, 0.15) is 24.7 Å². The number of piperidine rings is 3. The Labute approximate surface area is 178 Å². The number of likely N-dealkylation sites (tertiary alicyclic amines) is 1. The highest BCUT2D eigenvalue weighted by molar-refractivity contribution is 5.92. The molecule has 30 heavy (non-hydrogen) atoms. The van der Waals surface area contributed by atoms with Crippen LogP contribution in [-0.2, 0) is 14.3 Å². The Morgan fingerprint density at radius 1 is 1.07 bits per heavy atom. The predicted molar refractivity (Wildman–Crippen MR) is 113 cm³/mol. The standard InChI is InChI=1S/C24H32N2O4/c1-16-23(30-11-10-29-16)24(27)25-13-17-12-19(15-25)22-5-3-4-21(26(22)14-17)18-6-8-20(28-2)9-7-18/h6-9,17,19,21-22H,3-5,10-15H2,1-2H3/t17-,19+,21+,22-/m0/s1. The van der Waals surface area contributed by atoms with Crippen molar-refractivity contribution in [3.63, 3.8) is 0 Å². The maximum absolute atomic E-state index is 13.1. The van der Waals surface area contributed by atoms with Gasteiger partial charge in [-0.25, -0.2) is 0 Å². The topological polar surface area (TPSA) is 51.2 Å². The zero-order valence-corrected chi connectivity index (χ0v) is 18.0. The third-order valence-corrected chi connectivity index (χ3v) is 7.34. The quantitative estimate of drug-likeness (QED) is 0.762. The van der Waals surface area contributed by atoms with Gasteiger partial charge in [0.2, 0.25) is 5.76 Å². The molecule has 162 valence electrons. The molecule has 5 rings (SSSR count). The molecule has 0 unspecified atom stereocenters. The smallest absolute Gasteiger partial charge is 0.292 e. The molecular weight excluding hydrogens is 380 g/mol. The Kier molecular flexibility index (Phi) is 5.35. The van der Waals surface area contributed by atoms with Crippen molar-refractivity contribution in [2.24, 2.45) is 11.8 Å². The summed E-state index contributed by atoms with van der Waals surface area (Å²) in [5, 5.41) is 0. The molecule has 0 saturated carbocycles. The van der Waals surface area contributed by atoms with E-state index in [1.54, 1.807) is 7.11 Å². The molecular formula is C24H32N2O4. The molecule has 4 aliphatic heterocycles. The number of ether oxygens (including phenoxy) is 3. The molecule has 0 N–H and O–H groups in total. The summed E-state index contributed by atoms with van der Waals surface area (Å²) in [4.78, 5) is 17.9. The van der Waals surface area contributed by atoms with Crippen LogP contribution >= 0.6 is 0 Å². The lowest BCUT2D eigenvalue weighted by Crippen LogP contribution is -2.60. The van der Waals surface area contributed by atoms with E-state index in [1.807, 2.05) is 11.8 Å². The normalized spacial score (nSPS) is 31.5. The van der Waals surface area contributed by atoms with Crippen molar-refractivity contribution in [2.75, 3.05) is 40.0 Å². The lowest BCUT2D eigenvalue weighted by molar-refractivity contribution is -0.140. The first-order valence-electron chi connectivity index (χ1n) is 11.3. The number of allylic oxidation sites excluding steroid dienone is 1. The largest absolute Gasteiger partial charge is 0.497 e. The summed E-state index contributed by atoms with van der Waals surface area (Å²) in [7, 11) is 1.71. The molecule has 0 spiro atoms. The molecule has 1 aromatic rings. The second-order valence-corrected chi connectivity index (χ2v) is 9.14. The molecule has 6 nitrogen and oxygen atoms in total. The lowest BCUT2D eigenvalue weighted by Gasteiger charge is -2.55. The summed E-state index contributed by atoms with van der Waals surface area (Å²) in [5.41, 5.74) is 1.39. The van der Waals surface area contributed by atoms with Crippen LogP contribution in [0.2, 0.25) is 0 Å². The fourth-order valence-corrected chi connectivity index (χ4v) is 6.02. The third-order valence-electron chi connectivity index (χ3n) is 7.34. The van der Waals surface area contributed by atoms with Crippen LogP contribution in [0.4, 0.5) is 0 Å². The Morgan fingerprint density at radius 2 is 1.87 bits per heavy atom. The molecule has 0 radical (unpaired) electrons. The molecule has 3 saturated heterocycles. The molecule has 0 aromatic heterocycles. The molecule has 1 amide bonds. The third kappa shape index (κ3) is 3.55. The highest BCUT2D eigenvalue weighted by Gasteiger charge is 2.46. The number of amides is 1. The van der Waals surface area contributed by atoms with Gasteiger partial charge in [-0.15, -0.1) is 0 Å². The number of hydrogen-bond donors (Lipinski definition) is 0. The van der Waals surface area contributed by atoms with Crippen molar-refractivity contribution in [3.8, 4) is 5.75 Å². The Bertz CT molecular complexity index is 821. The first-order chi connectivity index (χ1) is 14.6. The van der Waals surface area contributed by atoms with Crippen molar-refractivity contribution in [3.05, 3.63) is 41.3 Å². The van der Waals surface area contributed by atoms with Crippen molar-refractivity contribution >= 4 is 5.91 Å². The number of carbonyl (C=O) groups is 1. The number of fused-ring (bicyclic) bond motifs is 4. The zero-order valence-electron chi connectivity index (χ0n) is 18.0. The van der Waals surface area contributed by atoms with E-state index < -0.39 is 0 Å². The average molecular weight is 413 g/mol. The second kappa shape index (κ2) is 8.14. The van der Waals surface area contributed by atoms with Gasteiger partial charge < -0.3 is 19.1 Å². The Hall–Kier alpha value is -2.21. The van der Waals surface area contributed by atoms with Gasteiger partial charge in [0, 0.05) is 31.7 Å². The van der Waals surface area contributed by atoms with Crippen molar-refractivity contribution < 1.29 is 19.0 Å². The molecule has 6 heteroatoms. The van der Waals surface area contributed by atoms with Gasteiger partial charge >= 0.3 is 0 Å². The minimum absolute atomic E-state index is 0.0119. The molecule has 2 bridgehead atoms. The highest BCUT2D eigenvalue weighted by atomic mass is 16.6. The first kappa shape index (κ1) is 19.7. The van der Waals surface area contributed by atoms with Crippen LogP contribution in [-0.4, -0.2) is 61.7 Å². The maximum atomic E-state index is 13.1. The van der Waals surface area contributed by atoms with Gasteiger partial charge in [0.15, 0.2) is 0 Å². The van der Waals surface area contributed by atoms with Gasteiger partial charge in [-0.05, 0) is 62.1 Å². The maximum Gasteiger partial charge on any atom is 0.292 e. The number of methoxy groups -OCH3 is 1. The van der Waals surface area contributed by atoms with Crippen LogP contribution in [0.5, 0.6) is 5.75 Å². The average Bonchev–Trinajstić information content (AvgIpc) is 2.78. The van der Waals surface area contributed by atoms with Gasteiger partial charge in [-0.3, -0.25) is 9.69 Å². The van der Waals surface area contributed by atoms with Crippen LogP contribution in [0.15, 0.2) is 35.8 Å². The van der Waals surface area contributed by atoms with Crippen LogP contribution in [0, 0.1) is 11.8 Å². The van der Waals surface area contributed by atoms with Gasteiger partial charge in [0.05, 0.1) is 7.11 Å². The van der Waals surface area contributed by atoms with E-state index in [2.05, 4.69) is 29.2 Å². The minimum atomic E-state index is 0.0119. The van der Waals surface area contributed by atoms with E-state index in [9.17, 15) is 4.79 Å². The van der Waals surface area contributed by atoms with Crippen LogP contribution in [0.25, 0.3) is 0 Å². The summed E-state index contributed by atoms with van der Waals surface area (Å²) < 4.78 is 16.6. The summed E-state index contributed by atoms with van der Waals surface area (Å²) >= 11 is 0. The Balaban J connectivity index is 1.33. The number of carbonyl (C=O) groups excluding carboxylic acids is 1. The number of rotatable bonds is 3. The highest BCUT2D eigenvalue weighted by Crippen LogP contribution is 2.44. The van der Waals surface area contributed by atoms with E-state index in [4.69, 9.17) is 14.2 Å². The van der Waals surface area contributed by atoms with Crippen molar-refractivity contribution in [2.45, 2.75) is 44.7 Å². The minimum Gasteiger partial charge on any atom is -0.497 e. The summed E-state index contributed by atoms with van der Waals surface area (Å²) in [6.07, 6.45) is 4.92. The molecule has 0 aliphatic carbocycles. The van der Waals surface area contributed by atoms with Gasteiger partial charge in [-0.2, -0.15) is 0 Å². The van der Waals surface area contributed by atoms with E-state index in [1.165, 1.54) is 31.2 Å². The van der Waals surface area contributed by atoms with E-state index in [0.717, 1.165) is 25.4 Å². The van der Waals surface area contributed by atoms with Crippen molar-refractivity contribution in [1.82, 2.24) is 9.80 Å². The molecule has 4 aliphatic rings. The fraction of sp³-hybridized carbons (Fsp3) is 0.625. The second-order valence-electron chi connectivity index (χ2n) is 9.14. The fourth-order valence-electron chi connectivity index (χ4n) is 6.02. The van der Waals surface area contributed by atoms with E-state index in [-0.39, 0.29) is 5.91 Å². The number of hydrogen-bond acceptors (Lipinski definition) is 5. The number of nitrogens with zero attached hydrogens (tertiary/aromatic N) is 2. The van der Waals surface area contributed by atoms with Gasteiger partial charge in [0.25, 0.3) is 5.91 Å².